The number of aryl methyl sites for hydroxylation is 2. The van der Waals surface area contributed by atoms with Crippen molar-refractivity contribution < 1.29 is 64.7 Å². The molecule has 11 nitrogen and oxygen atoms in total. The molecule has 0 fully saturated rings. The SMILES string of the molecule is Cc1ccc(-c2cccc(Oc3ccc(C(c4ccc(Oc5cccc(Oc6ccc(C7(c8ccc(Oc9cccc(C)c9C#N)cc8)c8ccccc8-c8ccccc87)cc6)c5C#N)cc4)(C(F)(F)F)C(F)(F)F)cc3)c2C#N)cc1C(=O)c1cccc(SOOO)c1. The molecule has 1 aliphatic carbocycles. The molecule has 0 saturated heterocycles. The zero-order chi connectivity index (χ0) is 65.9. The summed E-state index contributed by atoms with van der Waals surface area (Å²) in [6, 6.07) is 69.9. The van der Waals surface area contributed by atoms with Crippen LogP contribution in [0.25, 0.3) is 22.3 Å². The topological polar surface area (TPSA) is 164 Å². The van der Waals surface area contributed by atoms with Crippen LogP contribution in [0, 0.1) is 47.8 Å². The molecule has 462 valence electrons. The molecule has 0 spiro atoms. The van der Waals surface area contributed by atoms with Gasteiger partial charge in [0.1, 0.15) is 75.3 Å². The maximum absolute atomic E-state index is 15.5. The molecule has 0 radical (unpaired) electrons. The fraction of sp³-hybridized carbons (Fsp3) is 0.0789. The van der Waals surface area contributed by atoms with Crippen LogP contribution in [0.2, 0.25) is 0 Å². The molecule has 11 aromatic rings. The first-order chi connectivity index (χ1) is 45.4. The van der Waals surface area contributed by atoms with E-state index in [-0.39, 0.29) is 56.8 Å². The Bertz CT molecular complexity index is 4790. The molecule has 0 atom stereocenters. The van der Waals surface area contributed by atoms with Crippen molar-refractivity contribution in [1.82, 2.24) is 0 Å². The molecule has 12 rings (SSSR count). The second-order valence-corrected chi connectivity index (χ2v) is 22.6. The van der Waals surface area contributed by atoms with E-state index in [0.717, 1.165) is 63.2 Å². The maximum atomic E-state index is 15.5. The molecule has 94 heavy (non-hydrogen) atoms. The number of fused-ring (bicyclic) bond motifs is 3. The van der Waals surface area contributed by atoms with E-state index in [2.05, 4.69) is 51.8 Å². The van der Waals surface area contributed by atoms with Crippen LogP contribution in [0.3, 0.4) is 0 Å². The first-order valence-corrected chi connectivity index (χ1v) is 29.6. The van der Waals surface area contributed by atoms with Gasteiger partial charge in [-0.2, -0.15) is 42.1 Å². The minimum absolute atomic E-state index is 0.0440. The summed E-state index contributed by atoms with van der Waals surface area (Å²) in [4.78, 5) is 14.2. The van der Waals surface area contributed by atoms with Gasteiger partial charge in [-0.05, 0) is 166 Å². The number of ether oxygens (including phenoxy) is 4. The molecule has 0 heterocycles. The number of nitriles is 3. The molecule has 1 aliphatic rings. The van der Waals surface area contributed by atoms with Gasteiger partial charge in [-0.1, -0.05) is 157 Å². The van der Waals surface area contributed by atoms with E-state index < -0.39 is 34.3 Å². The van der Waals surface area contributed by atoms with Crippen molar-refractivity contribution in [3.63, 3.8) is 0 Å². The van der Waals surface area contributed by atoms with E-state index in [1.807, 2.05) is 79.7 Å². The van der Waals surface area contributed by atoms with Gasteiger partial charge >= 0.3 is 12.4 Å². The third-order valence-electron chi connectivity index (χ3n) is 16.5. The van der Waals surface area contributed by atoms with Crippen LogP contribution in [0.5, 0.6) is 46.0 Å². The highest BCUT2D eigenvalue weighted by molar-refractivity contribution is 7.94. The molecule has 0 amide bonds. The smallest absolute Gasteiger partial charge is 0.411 e. The van der Waals surface area contributed by atoms with Crippen LogP contribution in [0.15, 0.2) is 248 Å². The first-order valence-electron chi connectivity index (χ1n) is 28.8. The van der Waals surface area contributed by atoms with Gasteiger partial charge in [0.25, 0.3) is 0 Å². The van der Waals surface area contributed by atoms with Crippen molar-refractivity contribution in [3.8, 4) is 86.5 Å². The summed E-state index contributed by atoms with van der Waals surface area (Å²) in [6.07, 6.45) is -11.9. The number of hydrogen-bond donors (Lipinski definition) is 1. The summed E-state index contributed by atoms with van der Waals surface area (Å²) >= 11 is 0.670. The average Bonchev–Trinajstić information content (AvgIpc) is 1.47. The molecule has 1 N–H and O–H groups in total. The standard InChI is InChI=1S/C76H47F6N3O8S/c1-46-11-7-19-68(63(46)43-83)88-54-33-25-50(26-34-54)73(66-17-5-3-14-60(66)61-15-4-6-18-67(61)73)51-27-35-55(36-28-51)90-70-21-10-22-71(65(70)45-85)91-57-39-31-53(32-40-57)74(75(77,78)79,76(80,81)82)52-29-37-56(38-30-52)89-69-20-9-16-59(64(69)44-84)48-24-23-47(2)62(42-48)72(86)49-12-8-13-58(41-49)94-93-92-87/h3-42,87H,1-2H3. The molecule has 0 saturated carbocycles. The fourth-order valence-corrected chi connectivity index (χ4v) is 12.6. The third-order valence-corrected chi connectivity index (χ3v) is 17.1. The zero-order valence-corrected chi connectivity index (χ0v) is 50.2. The van der Waals surface area contributed by atoms with Gasteiger partial charge < -0.3 is 18.9 Å². The van der Waals surface area contributed by atoms with E-state index in [0.29, 0.717) is 80.7 Å². The van der Waals surface area contributed by atoms with Crippen LogP contribution in [0.1, 0.15) is 77.1 Å². The summed E-state index contributed by atoms with van der Waals surface area (Å²) in [5.41, 5.74) is 1.15. The van der Waals surface area contributed by atoms with Gasteiger partial charge in [-0.15, -0.1) is 4.33 Å². The Labute approximate surface area is 539 Å². The minimum atomic E-state index is -5.96. The Balaban J connectivity index is 0.792. The van der Waals surface area contributed by atoms with Gasteiger partial charge in [0.2, 0.25) is 5.41 Å². The summed E-state index contributed by atoms with van der Waals surface area (Å²) in [7, 11) is 0. The quantitative estimate of drug-likeness (QED) is 0.0285. The van der Waals surface area contributed by atoms with Gasteiger partial charge in [0.05, 0.1) is 23.0 Å². The van der Waals surface area contributed by atoms with Crippen LogP contribution in [-0.4, -0.2) is 23.4 Å². The molecule has 0 unspecified atom stereocenters. The van der Waals surface area contributed by atoms with Crippen molar-refractivity contribution in [2.24, 2.45) is 0 Å². The van der Waals surface area contributed by atoms with E-state index in [1.54, 1.807) is 67.6 Å². The summed E-state index contributed by atoms with van der Waals surface area (Å²) in [5, 5.41) is 43.1. The van der Waals surface area contributed by atoms with Crippen LogP contribution in [0.4, 0.5) is 26.3 Å². The highest BCUT2D eigenvalue weighted by Crippen LogP contribution is 2.58. The molecule has 11 aromatic carbocycles. The molecular weight excluding hydrogens is 1230 g/mol. The van der Waals surface area contributed by atoms with Gasteiger partial charge in [-0.25, -0.2) is 5.26 Å². The lowest BCUT2D eigenvalue weighted by atomic mass is 9.68. The van der Waals surface area contributed by atoms with E-state index in [4.69, 9.17) is 24.2 Å². The highest BCUT2D eigenvalue weighted by atomic mass is 32.2. The minimum Gasteiger partial charge on any atom is -0.456 e. The van der Waals surface area contributed by atoms with E-state index in [9.17, 15) is 20.6 Å². The number of nitrogens with zero attached hydrogens (tertiary/aromatic N) is 3. The Kier molecular flexibility index (Phi) is 17.1. The summed E-state index contributed by atoms with van der Waals surface area (Å²) in [5.74, 6) is 0.407. The van der Waals surface area contributed by atoms with Gasteiger partial charge in [0, 0.05) is 21.6 Å². The number of alkyl halides is 6. The van der Waals surface area contributed by atoms with Crippen LogP contribution in [-0.2, 0) is 20.2 Å². The van der Waals surface area contributed by atoms with Crippen molar-refractivity contribution in [2.45, 2.75) is 41.9 Å². The highest BCUT2D eigenvalue weighted by Gasteiger charge is 2.72. The predicted octanol–water partition coefficient (Wildman–Crippen LogP) is 20.2. The number of halogens is 6. The number of rotatable bonds is 18. The second-order valence-electron chi connectivity index (χ2n) is 21.8. The third kappa shape index (κ3) is 11.4. The van der Waals surface area contributed by atoms with Crippen LogP contribution >= 0.6 is 12.0 Å². The maximum Gasteiger partial charge on any atom is 0.411 e. The van der Waals surface area contributed by atoms with Crippen molar-refractivity contribution in [2.75, 3.05) is 0 Å². The lowest BCUT2D eigenvalue weighted by molar-refractivity contribution is -0.432. The van der Waals surface area contributed by atoms with Gasteiger partial charge in [0.15, 0.2) is 5.78 Å². The normalized spacial score (nSPS) is 12.3. The zero-order valence-electron chi connectivity index (χ0n) is 49.4. The monoisotopic (exact) mass is 1280 g/mol. The summed E-state index contributed by atoms with van der Waals surface area (Å²) in [6.45, 7) is 3.57. The number of hydrogen-bond acceptors (Lipinski definition) is 12. The number of benzene rings is 11. The first kappa shape index (κ1) is 62.7. The Morgan fingerprint density at radius 2 is 0.872 bits per heavy atom. The molecule has 18 heteroatoms. The molecule has 0 bridgehead atoms. The van der Waals surface area contributed by atoms with Crippen molar-refractivity contribution in [1.29, 1.82) is 15.8 Å². The largest absolute Gasteiger partial charge is 0.456 e. The molecule has 0 aromatic heterocycles. The van der Waals surface area contributed by atoms with Crippen LogP contribution < -0.4 is 18.9 Å². The average molecular weight is 1280 g/mol. The molecule has 0 aliphatic heterocycles. The molecular formula is C76H47F6N3O8S. The predicted molar refractivity (Wildman–Crippen MR) is 339 cm³/mol. The summed E-state index contributed by atoms with van der Waals surface area (Å²) < 4.78 is 122. The fourth-order valence-electron chi connectivity index (χ4n) is 12.2. The number of carbonyl (C=O) groups excluding carboxylic acids is 1. The lowest BCUT2D eigenvalue weighted by Crippen LogP contribution is -2.54. The van der Waals surface area contributed by atoms with E-state index >= 15 is 26.3 Å². The number of ketones is 1. The van der Waals surface area contributed by atoms with Crippen molar-refractivity contribution in [3.05, 3.63) is 315 Å². The lowest BCUT2D eigenvalue weighted by Gasteiger charge is -2.38. The Hall–Kier alpha value is -11.4. The Morgan fingerprint density at radius 1 is 0.447 bits per heavy atom. The Morgan fingerprint density at radius 3 is 1.35 bits per heavy atom. The van der Waals surface area contributed by atoms with E-state index in [1.165, 1.54) is 36.4 Å². The second kappa shape index (κ2) is 25.7. The van der Waals surface area contributed by atoms with Crippen molar-refractivity contribution >= 4 is 17.8 Å². The number of carbonyl (C=O) groups is 1. The van der Waals surface area contributed by atoms with Gasteiger partial charge in [-0.3, -0.25) is 4.79 Å².